The number of nitrogens with two attached hydrogens (primary N) is 1. The standard InChI is InChI=1S/C17H21ClN2/c1-3-20(15-7-4-13(2)5-8-15)16-9-6-14(10-11-19)17(18)12-16/h4-9,12H,3,10-11,19H2,1-2H3. The number of hydrogen-bond donors (Lipinski definition) is 1. The number of hydrogen-bond acceptors (Lipinski definition) is 2. The Morgan fingerprint density at radius 3 is 2.25 bits per heavy atom. The summed E-state index contributed by atoms with van der Waals surface area (Å²) in [7, 11) is 0. The van der Waals surface area contributed by atoms with E-state index in [1.54, 1.807) is 0 Å². The zero-order valence-corrected chi connectivity index (χ0v) is 12.8. The van der Waals surface area contributed by atoms with Crippen LogP contribution in [-0.2, 0) is 6.42 Å². The zero-order chi connectivity index (χ0) is 14.5. The Bertz CT molecular complexity index is 564. The molecule has 3 heteroatoms. The molecule has 0 saturated carbocycles. The van der Waals surface area contributed by atoms with Gasteiger partial charge in [-0.05, 0) is 56.6 Å². The van der Waals surface area contributed by atoms with Gasteiger partial charge in [0.15, 0.2) is 0 Å². The topological polar surface area (TPSA) is 29.3 Å². The molecule has 0 heterocycles. The van der Waals surface area contributed by atoms with Gasteiger partial charge in [0.2, 0.25) is 0 Å². The van der Waals surface area contributed by atoms with Crippen LogP contribution in [0.25, 0.3) is 0 Å². The molecule has 2 aromatic carbocycles. The van der Waals surface area contributed by atoms with E-state index in [9.17, 15) is 0 Å². The average molecular weight is 289 g/mol. The number of halogens is 1. The molecule has 0 bridgehead atoms. The van der Waals surface area contributed by atoms with Gasteiger partial charge >= 0.3 is 0 Å². The molecule has 0 amide bonds. The van der Waals surface area contributed by atoms with Crippen LogP contribution in [0.4, 0.5) is 11.4 Å². The Balaban J connectivity index is 2.32. The lowest BCUT2D eigenvalue weighted by atomic mass is 10.1. The maximum Gasteiger partial charge on any atom is 0.0459 e. The molecule has 20 heavy (non-hydrogen) atoms. The van der Waals surface area contributed by atoms with Crippen molar-refractivity contribution in [1.29, 1.82) is 0 Å². The van der Waals surface area contributed by atoms with Crippen LogP contribution in [0.15, 0.2) is 42.5 Å². The molecule has 2 rings (SSSR count). The summed E-state index contributed by atoms with van der Waals surface area (Å²) in [6.07, 6.45) is 0.815. The van der Waals surface area contributed by atoms with Crippen LogP contribution in [-0.4, -0.2) is 13.1 Å². The fourth-order valence-electron chi connectivity index (χ4n) is 2.30. The summed E-state index contributed by atoms with van der Waals surface area (Å²) in [6, 6.07) is 14.7. The predicted molar refractivity (Wildman–Crippen MR) is 88.1 cm³/mol. The van der Waals surface area contributed by atoms with Crippen molar-refractivity contribution in [2.75, 3.05) is 18.0 Å². The largest absolute Gasteiger partial charge is 0.342 e. The summed E-state index contributed by atoms with van der Waals surface area (Å²) in [5.74, 6) is 0. The molecule has 0 aliphatic carbocycles. The van der Waals surface area contributed by atoms with Crippen LogP contribution in [0.5, 0.6) is 0 Å². The SMILES string of the molecule is CCN(c1ccc(C)cc1)c1ccc(CCN)c(Cl)c1. The second-order valence-electron chi connectivity index (χ2n) is 4.89. The minimum absolute atomic E-state index is 0.620. The first-order valence-corrected chi connectivity index (χ1v) is 7.36. The Morgan fingerprint density at radius 1 is 1.05 bits per heavy atom. The van der Waals surface area contributed by atoms with Crippen molar-refractivity contribution in [2.24, 2.45) is 5.73 Å². The first-order chi connectivity index (χ1) is 9.65. The number of nitrogens with zero attached hydrogens (tertiary/aromatic N) is 1. The highest BCUT2D eigenvalue weighted by Gasteiger charge is 2.09. The van der Waals surface area contributed by atoms with Crippen LogP contribution in [0.1, 0.15) is 18.1 Å². The monoisotopic (exact) mass is 288 g/mol. The van der Waals surface area contributed by atoms with Gasteiger partial charge in [0.1, 0.15) is 0 Å². The van der Waals surface area contributed by atoms with E-state index in [0.29, 0.717) is 6.54 Å². The van der Waals surface area contributed by atoms with E-state index < -0.39 is 0 Å². The molecule has 0 fully saturated rings. The van der Waals surface area contributed by atoms with E-state index >= 15 is 0 Å². The molecule has 2 nitrogen and oxygen atoms in total. The van der Waals surface area contributed by atoms with Gasteiger partial charge in [0, 0.05) is 22.9 Å². The summed E-state index contributed by atoms with van der Waals surface area (Å²) in [4.78, 5) is 2.25. The fourth-order valence-corrected chi connectivity index (χ4v) is 2.57. The van der Waals surface area contributed by atoms with Crippen LogP contribution in [0, 0.1) is 6.92 Å². The van der Waals surface area contributed by atoms with Gasteiger partial charge in [0.25, 0.3) is 0 Å². The number of rotatable bonds is 5. The molecule has 0 radical (unpaired) electrons. The van der Waals surface area contributed by atoms with Gasteiger partial charge in [0.05, 0.1) is 0 Å². The molecule has 0 aliphatic rings. The molecule has 0 unspecified atom stereocenters. The van der Waals surface area contributed by atoms with Crippen molar-refractivity contribution in [3.05, 3.63) is 58.6 Å². The second-order valence-corrected chi connectivity index (χ2v) is 5.30. The summed E-state index contributed by atoms with van der Waals surface area (Å²) in [6.45, 7) is 5.75. The van der Waals surface area contributed by atoms with E-state index in [4.69, 9.17) is 17.3 Å². The molecule has 0 aromatic heterocycles. The number of anilines is 2. The van der Waals surface area contributed by atoms with Crippen molar-refractivity contribution < 1.29 is 0 Å². The minimum Gasteiger partial charge on any atom is -0.342 e. The predicted octanol–water partition coefficient (Wildman–Crippen LogP) is 4.31. The average Bonchev–Trinajstić information content (AvgIpc) is 2.45. The number of aryl methyl sites for hydroxylation is 1. The Labute approximate surface area is 126 Å². The summed E-state index contributed by atoms with van der Waals surface area (Å²) < 4.78 is 0. The van der Waals surface area contributed by atoms with Gasteiger partial charge in [-0.3, -0.25) is 0 Å². The van der Waals surface area contributed by atoms with E-state index in [1.807, 2.05) is 6.07 Å². The van der Waals surface area contributed by atoms with E-state index in [2.05, 4.69) is 55.1 Å². The Morgan fingerprint density at radius 2 is 1.70 bits per heavy atom. The van der Waals surface area contributed by atoms with Gasteiger partial charge in [-0.2, -0.15) is 0 Å². The van der Waals surface area contributed by atoms with Crippen molar-refractivity contribution in [3.63, 3.8) is 0 Å². The lowest BCUT2D eigenvalue weighted by Crippen LogP contribution is -2.16. The molecular weight excluding hydrogens is 268 g/mol. The molecule has 2 aromatic rings. The zero-order valence-electron chi connectivity index (χ0n) is 12.1. The molecule has 0 saturated heterocycles. The van der Waals surface area contributed by atoms with Gasteiger partial charge in [-0.15, -0.1) is 0 Å². The summed E-state index contributed by atoms with van der Waals surface area (Å²) in [5.41, 5.74) is 10.3. The van der Waals surface area contributed by atoms with E-state index in [0.717, 1.165) is 29.2 Å². The highest BCUT2D eigenvalue weighted by molar-refractivity contribution is 6.31. The molecular formula is C17H21ClN2. The third kappa shape index (κ3) is 3.33. The van der Waals surface area contributed by atoms with Gasteiger partial charge < -0.3 is 10.6 Å². The van der Waals surface area contributed by atoms with Crippen LogP contribution >= 0.6 is 11.6 Å². The lowest BCUT2D eigenvalue weighted by molar-refractivity contribution is 0.965. The third-order valence-electron chi connectivity index (χ3n) is 3.42. The highest BCUT2D eigenvalue weighted by atomic mass is 35.5. The third-order valence-corrected chi connectivity index (χ3v) is 3.78. The number of benzene rings is 2. The van der Waals surface area contributed by atoms with Crippen LogP contribution in [0.3, 0.4) is 0 Å². The molecule has 0 spiro atoms. The van der Waals surface area contributed by atoms with E-state index in [-0.39, 0.29) is 0 Å². The maximum atomic E-state index is 6.34. The molecule has 0 atom stereocenters. The fraction of sp³-hybridized carbons (Fsp3) is 0.294. The van der Waals surface area contributed by atoms with Crippen molar-refractivity contribution in [1.82, 2.24) is 0 Å². The molecule has 2 N–H and O–H groups in total. The van der Waals surface area contributed by atoms with Gasteiger partial charge in [-0.1, -0.05) is 35.4 Å². The smallest absolute Gasteiger partial charge is 0.0459 e. The second kappa shape index (κ2) is 6.78. The quantitative estimate of drug-likeness (QED) is 0.888. The first kappa shape index (κ1) is 14.9. The molecule has 106 valence electrons. The minimum atomic E-state index is 0.620. The van der Waals surface area contributed by atoms with Crippen molar-refractivity contribution in [2.45, 2.75) is 20.3 Å². The maximum absolute atomic E-state index is 6.34. The first-order valence-electron chi connectivity index (χ1n) is 6.98. The molecule has 0 aliphatic heterocycles. The van der Waals surface area contributed by atoms with Gasteiger partial charge in [-0.25, -0.2) is 0 Å². The Kier molecular flexibility index (Phi) is 5.05. The van der Waals surface area contributed by atoms with Crippen LogP contribution < -0.4 is 10.6 Å². The Hall–Kier alpha value is -1.51. The summed E-state index contributed by atoms with van der Waals surface area (Å²) >= 11 is 6.34. The normalized spacial score (nSPS) is 10.6. The summed E-state index contributed by atoms with van der Waals surface area (Å²) in [5, 5.41) is 0.790. The lowest BCUT2D eigenvalue weighted by Gasteiger charge is -2.24. The van der Waals surface area contributed by atoms with Crippen molar-refractivity contribution >= 4 is 23.0 Å². The van der Waals surface area contributed by atoms with Crippen molar-refractivity contribution in [3.8, 4) is 0 Å². The highest BCUT2D eigenvalue weighted by Crippen LogP contribution is 2.29. The van der Waals surface area contributed by atoms with E-state index in [1.165, 1.54) is 11.3 Å². The van der Waals surface area contributed by atoms with Crippen LogP contribution in [0.2, 0.25) is 5.02 Å².